The second kappa shape index (κ2) is 12.2. The third-order valence-corrected chi connectivity index (χ3v) is 15.8. The molecule has 10 aromatic carbocycles. The highest BCUT2D eigenvalue weighted by Gasteiger charge is 2.35. The summed E-state index contributed by atoms with van der Waals surface area (Å²) in [4.78, 5) is 0. The summed E-state index contributed by atoms with van der Waals surface area (Å²) in [5.74, 6) is 0. The van der Waals surface area contributed by atoms with Gasteiger partial charge in [-0.15, -0.1) is 22.7 Å². The highest BCUT2D eigenvalue weighted by molar-refractivity contribution is 7.33. The van der Waals surface area contributed by atoms with Crippen molar-refractivity contribution in [1.82, 2.24) is 0 Å². The molecule has 0 nitrogen and oxygen atoms in total. The van der Waals surface area contributed by atoms with Crippen LogP contribution in [0.15, 0.2) is 182 Å². The Kier molecular flexibility index (Phi) is 6.92. The van der Waals surface area contributed by atoms with Crippen LogP contribution in [-0.4, -0.2) is 0 Å². The Morgan fingerprint density at radius 1 is 0.322 bits per heavy atom. The quantitative estimate of drug-likeness (QED) is 0.157. The zero-order valence-corrected chi connectivity index (χ0v) is 34.3. The second-order valence-corrected chi connectivity index (χ2v) is 18.9. The SMILES string of the molecule is CC1(C)c2ccccc2-c2ccc(-c3c4ccccc4c(-c4ccc(-c5ccc6cc7sc8c(ccc9c%10ccccc%10sc98)c7cc6c5)cc4)c4ccccc34)cc21. The van der Waals surface area contributed by atoms with E-state index in [1.54, 1.807) is 0 Å². The van der Waals surface area contributed by atoms with Gasteiger partial charge in [0.05, 0.1) is 9.40 Å². The van der Waals surface area contributed by atoms with Crippen molar-refractivity contribution >= 4 is 95.3 Å². The molecule has 276 valence electrons. The molecule has 2 heterocycles. The lowest BCUT2D eigenvalue weighted by Gasteiger charge is -2.23. The van der Waals surface area contributed by atoms with Gasteiger partial charge >= 0.3 is 0 Å². The van der Waals surface area contributed by atoms with Crippen molar-refractivity contribution in [2.75, 3.05) is 0 Å². The molecule has 1 aliphatic carbocycles. The third-order valence-electron chi connectivity index (χ3n) is 13.3. The van der Waals surface area contributed by atoms with Crippen molar-refractivity contribution in [1.29, 1.82) is 0 Å². The number of thiophene rings is 2. The van der Waals surface area contributed by atoms with Gasteiger partial charge in [0.25, 0.3) is 0 Å². The lowest BCUT2D eigenvalue weighted by molar-refractivity contribution is 0.660. The molecular weight excluding hydrogens is 749 g/mol. The Balaban J connectivity index is 0.918. The molecule has 13 rings (SSSR count). The van der Waals surface area contributed by atoms with E-state index >= 15 is 0 Å². The van der Waals surface area contributed by atoms with Crippen LogP contribution in [0.1, 0.15) is 25.0 Å². The molecule has 0 spiro atoms. The van der Waals surface area contributed by atoms with Gasteiger partial charge in [-0.1, -0.05) is 166 Å². The van der Waals surface area contributed by atoms with Gasteiger partial charge in [0.15, 0.2) is 0 Å². The summed E-state index contributed by atoms with van der Waals surface area (Å²) in [7, 11) is 0. The molecule has 0 N–H and O–H groups in total. The summed E-state index contributed by atoms with van der Waals surface area (Å²) in [6.07, 6.45) is 0. The van der Waals surface area contributed by atoms with Crippen LogP contribution < -0.4 is 0 Å². The average molecular weight is 785 g/mol. The van der Waals surface area contributed by atoms with Crippen LogP contribution in [0.2, 0.25) is 0 Å². The van der Waals surface area contributed by atoms with Crippen molar-refractivity contribution in [2.45, 2.75) is 19.3 Å². The summed E-state index contributed by atoms with van der Waals surface area (Å²) < 4.78 is 5.52. The Morgan fingerprint density at radius 3 is 1.59 bits per heavy atom. The first-order valence-corrected chi connectivity index (χ1v) is 22.1. The average Bonchev–Trinajstić information content (AvgIpc) is 3.92. The molecule has 0 atom stereocenters. The van der Waals surface area contributed by atoms with Gasteiger partial charge in [0.1, 0.15) is 0 Å². The zero-order chi connectivity index (χ0) is 39.0. The van der Waals surface area contributed by atoms with E-state index in [-0.39, 0.29) is 5.41 Å². The fourth-order valence-corrected chi connectivity index (χ4v) is 12.9. The van der Waals surface area contributed by atoms with Crippen LogP contribution in [0.4, 0.5) is 0 Å². The van der Waals surface area contributed by atoms with Crippen LogP contribution in [0.25, 0.3) is 117 Å². The molecule has 0 bridgehead atoms. The topological polar surface area (TPSA) is 0 Å². The maximum absolute atomic E-state index is 2.47. The molecule has 0 aliphatic heterocycles. The molecule has 0 amide bonds. The highest BCUT2D eigenvalue weighted by Crippen LogP contribution is 2.52. The van der Waals surface area contributed by atoms with E-state index in [1.807, 2.05) is 22.7 Å². The predicted molar refractivity (Wildman–Crippen MR) is 259 cm³/mol. The largest absolute Gasteiger partial charge is 0.134 e. The molecule has 12 aromatic rings. The van der Waals surface area contributed by atoms with E-state index in [9.17, 15) is 0 Å². The van der Waals surface area contributed by atoms with Crippen LogP contribution in [0.5, 0.6) is 0 Å². The summed E-state index contributed by atoms with van der Waals surface area (Å²) in [6.45, 7) is 4.74. The Hall–Kier alpha value is -6.58. The smallest absolute Gasteiger partial charge is 0.0534 e. The zero-order valence-electron chi connectivity index (χ0n) is 32.6. The molecule has 2 aromatic heterocycles. The minimum absolute atomic E-state index is 0.0577. The van der Waals surface area contributed by atoms with Gasteiger partial charge < -0.3 is 0 Å². The first-order valence-electron chi connectivity index (χ1n) is 20.5. The normalized spacial score (nSPS) is 13.4. The predicted octanol–water partition coefficient (Wildman–Crippen LogP) is 17.2. The molecular formula is C57H36S2. The van der Waals surface area contributed by atoms with E-state index in [2.05, 4.69) is 196 Å². The fourth-order valence-electron chi connectivity index (χ4n) is 10.4. The Labute approximate surface area is 350 Å². The van der Waals surface area contributed by atoms with Crippen molar-refractivity contribution in [2.24, 2.45) is 0 Å². The van der Waals surface area contributed by atoms with E-state index in [4.69, 9.17) is 0 Å². The molecule has 0 fully saturated rings. The molecule has 0 unspecified atom stereocenters. The number of fused-ring (bicyclic) bond motifs is 13. The first kappa shape index (κ1) is 33.4. The fraction of sp³-hybridized carbons (Fsp3) is 0.0526. The van der Waals surface area contributed by atoms with Crippen LogP contribution in [0, 0.1) is 0 Å². The van der Waals surface area contributed by atoms with Gasteiger partial charge in [-0.3, -0.25) is 0 Å². The van der Waals surface area contributed by atoms with Gasteiger partial charge in [-0.2, -0.15) is 0 Å². The van der Waals surface area contributed by atoms with Crippen LogP contribution in [-0.2, 0) is 5.41 Å². The molecule has 2 heteroatoms. The number of benzene rings is 10. The number of rotatable bonds is 3. The first-order chi connectivity index (χ1) is 29.0. The monoisotopic (exact) mass is 784 g/mol. The molecule has 0 saturated heterocycles. The minimum atomic E-state index is -0.0577. The minimum Gasteiger partial charge on any atom is -0.134 e. The van der Waals surface area contributed by atoms with Crippen molar-refractivity contribution < 1.29 is 0 Å². The van der Waals surface area contributed by atoms with Gasteiger partial charge in [0.2, 0.25) is 0 Å². The lowest BCUT2D eigenvalue weighted by Crippen LogP contribution is -2.14. The van der Waals surface area contributed by atoms with E-state index in [0.717, 1.165) is 0 Å². The van der Waals surface area contributed by atoms with Crippen LogP contribution in [0.3, 0.4) is 0 Å². The summed E-state index contributed by atoms with van der Waals surface area (Å²) >= 11 is 3.86. The maximum atomic E-state index is 2.47. The summed E-state index contributed by atoms with van der Waals surface area (Å²) in [5, 5.41) is 13.1. The summed E-state index contributed by atoms with van der Waals surface area (Å²) in [6, 6.07) is 68.6. The summed E-state index contributed by atoms with van der Waals surface area (Å²) in [5.41, 5.74) is 13.0. The van der Waals surface area contributed by atoms with Gasteiger partial charge in [-0.25, -0.2) is 0 Å². The molecule has 0 saturated carbocycles. The van der Waals surface area contributed by atoms with Gasteiger partial charge in [-0.05, 0) is 118 Å². The van der Waals surface area contributed by atoms with E-state index < -0.39 is 0 Å². The second-order valence-electron chi connectivity index (χ2n) is 16.8. The molecule has 59 heavy (non-hydrogen) atoms. The molecule has 0 radical (unpaired) electrons. The Morgan fingerprint density at radius 2 is 0.864 bits per heavy atom. The maximum Gasteiger partial charge on any atom is 0.0534 e. The standard InChI is InChI=1S/C57H36S2/c1-57(2)49-17-9-7-11-39(49)40-26-25-37(31-50(40)57)54-44-15-5-3-13-42(44)53(43-14-4-6-16-45(43)54)34-21-19-33(20-22-34)35-23-24-36-32-52-48(30-38(36)29-35)47-28-27-46-41-12-8-10-18-51(41)58-55(46)56(47)59-52/h3-32H,1-2H3. The number of hydrogen-bond donors (Lipinski definition) is 0. The van der Waals surface area contributed by atoms with E-state index in [1.165, 1.54) is 128 Å². The Bertz CT molecular complexity index is 3690. The highest BCUT2D eigenvalue weighted by atomic mass is 32.1. The van der Waals surface area contributed by atoms with Crippen molar-refractivity contribution in [3.8, 4) is 44.5 Å². The van der Waals surface area contributed by atoms with Crippen LogP contribution >= 0.6 is 22.7 Å². The lowest BCUT2D eigenvalue weighted by atomic mass is 9.80. The van der Waals surface area contributed by atoms with Crippen molar-refractivity contribution in [3.63, 3.8) is 0 Å². The number of hydrogen-bond acceptors (Lipinski definition) is 2. The van der Waals surface area contributed by atoms with Crippen molar-refractivity contribution in [3.05, 3.63) is 193 Å². The van der Waals surface area contributed by atoms with Gasteiger partial charge in [0, 0.05) is 36.4 Å². The third kappa shape index (κ3) is 4.76. The molecule has 1 aliphatic rings. The van der Waals surface area contributed by atoms with E-state index in [0.29, 0.717) is 0 Å².